The molecule has 11 heteroatoms. The van der Waals surface area contributed by atoms with Gasteiger partial charge in [0.05, 0.1) is 22.8 Å². The largest absolute Gasteiger partial charge is 0.511 e. The highest BCUT2D eigenvalue weighted by Gasteiger charge is 2.44. The Morgan fingerprint density at radius 3 is 2.41 bits per heavy atom. The number of rotatable bonds is 4. The van der Waals surface area contributed by atoms with Crippen LogP contribution >= 0.6 is 0 Å². The van der Waals surface area contributed by atoms with Crippen LogP contribution in [0.5, 0.6) is 5.75 Å². The van der Waals surface area contributed by atoms with E-state index >= 15 is 4.39 Å². The smallest absolute Gasteiger partial charge is 0.449 e. The number of aromatic nitrogens is 1. The minimum Gasteiger partial charge on any atom is -0.449 e. The van der Waals surface area contributed by atoms with Gasteiger partial charge in [-0.05, 0) is 45.1 Å². The van der Waals surface area contributed by atoms with E-state index in [9.17, 15) is 22.8 Å². The number of carboxylic acid groups (broad SMARTS) is 1. The molecule has 7 nitrogen and oxygen atoms in total. The Hall–Kier alpha value is -2.82. The second-order valence-electron chi connectivity index (χ2n) is 9.06. The minimum atomic E-state index is -4.97. The van der Waals surface area contributed by atoms with Crippen molar-refractivity contribution >= 4 is 22.7 Å². The second-order valence-corrected chi connectivity index (χ2v) is 9.06. The highest BCUT2D eigenvalue weighted by Crippen LogP contribution is 2.47. The molecule has 0 bridgehead atoms. The molecule has 1 aromatic heterocycles. The topological polar surface area (TPSA) is 97.8 Å². The number of alkyl halides is 3. The van der Waals surface area contributed by atoms with Gasteiger partial charge in [0.15, 0.2) is 5.75 Å². The lowest BCUT2D eigenvalue weighted by Crippen LogP contribution is -2.42. The molecule has 2 heterocycles. The van der Waals surface area contributed by atoms with Crippen molar-refractivity contribution in [3.05, 3.63) is 33.9 Å². The highest BCUT2D eigenvalue weighted by atomic mass is 19.4. The predicted molar refractivity (Wildman–Crippen MR) is 109 cm³/mol. The monoisotopic (exact) mass is 457 g/mol. The molecule has 0 unspecified atom stereocenters. The van der Waals surface area contributed by atoms with Crippen LogP contribution in [0, 0.1) is 11.7 Å². The van der Waals surface area contributed by atoms with Crippen molar-refractivity contribution in [2.24, 2.45) is 11.7 Å². The first-order valence-electron chi connectivity index (χ1n) is 10.2. The van der Waals surface area contributed by atoms with Gasteiger partial charge in [-0.25, -0.2) is 9.18 Å². The van der Waals surface area contributed by atoms with Crippen LogP contribution in [0.15, 0.2) is 17.1 Å². The lowest BCUT2D eigenvalue weighted by molar-refractivity contribution is -0.136. The second kappa shape index (κ2) is 7.36. The maximum Gasteiger partial charge on any atom is 0.511 e. The molecule has 4 rings (SSSR count). The molecule has 1 saturated carbocycles. The maximum atomic E-state index is 15.2. The van der Waals surface area contributed by atoms with E-state index in [4.69, 9.17) is 10.8 Å². The van der Waals surface area contributed by atoms with E-state index in [1.54, 1.807) is 13.8 Å². The molecule has 2 fully saturated rings. The van der Waals surface area contributed by atoms with Gasteiger partial charge in [0.1, 0.15) is 11.4 Å². The molecule has 0 spiro atoms. The van der Waals surface area contributed by atoms with Crippen LogP contribution in [0.4, 0.5) is 28.0 Å². The summed E-state index contributed by atoms with van der Waals surface area (Å²) in [4.78, 5) is 25.0. The Balaban J connectivity index is 2.01. The number of hydrogen-bond donors (Lipinski definition) is 2. The lowest BCUT2D eigenvalue weighted by Gasteiger charge is -2.29. The summed E-state index contributed by atoms with van der Waals surface area (Å²) >= 11 is 0. The number of benzene rings is 1. The summed E-state index contributed by atoms with van der Waals surface area (Å²) in [5.41, 5.74) is 2.05. The van der Waals surface area contributed by atoms with Crippen LogP contribution in [0.25, 0.3) is 10.9 Å². The molecule has 1 saturated heterocycles. The van der Waals surface area contributed by atoms with Gasteiger partial charge in [0.2, 0.25) is 5.43 Å². The Morgan fingerprint density at radius 2 is 1.91 bits per heavy atom. The summed E-state index contributed by atoms with van der Waals surface area (Å²) in [5, 5.41) is 8.31. The van der Waals surface area contributed by atoms with Gasteiger partial charge in [-0.2, -0.15) is 13.2 Å². The van der Waals surface area contributed by atoms with Crippen LogP contribution in [0.1, 0.15) is 44.7 Å². The summed E-state index contributed by atoms with van der Waals surface area (Å²) in [6.45, 7) is 3.88. The van der Waals surface area contributed by atoms with Crippen molar-refractivity contribution in [1.29, 1.82) is 0 Å². The van der Waals surface area contributed by atoms with Crippen LogP contribution in [0.3, 0.4) is 0 Å². The molecule has 174 valence electrons. The van der Waals surface area contributed by atoms with E-state index in [1.165, 1.54) is 9.47 Å². The van der Waals surface area contributed by atoms with E-state index in [1.807, 2.05) is 0 Å². The first kappa shape index (κ1) is 22.4. The summed E-state index contributed by atoms with van der Waals surface area (Å²) in [5.74, 6) is -2.01. The normalized spacial score (nSPS) is 19.6. The Morgan fingerprint density at radius 1 is 1.25 bits per heavy atom. The van der Waals surface area contributed by atoms with Crippen molar-refractivity contribution in [3.63, 3.8) is 0 Å². The van der Waals surface area contributed by atoms with E-state index < -0.39 is 57.0 Å². The predicted octanol–water partition coefficient (Wildman–Crippen LogP) is 4.11. The number of halogens is 4. The number of anilines is 1. The zero-order valence-electron chi connectivity index (χ0n) is 17.5. The molecule has 1 aliphatic carbocycles. The van der Waals surface area contributed by atoms with Crippen LogP contribution in [-0.2, 0) is 6.18 Å². The number of nitrogens with zero attached hydrogens (tertiary/aromatic N) is 2. The van der Waals surface area contributed by atoms with Gasteiger partial charge in [-0.15, -0.1) is 0 Å². The Kier molecular flexibility index (Phi) is 5.15. The molecule has 3 N–H and O–H groups in total. The van der Waals surface area contributed by atoms with Crippen LogP contribution in [0.2, 0.25) is 0 Å². The van der Waals surface area contributed by atoms with Crippen molar-refractivity contribution < 1.29 is 32.2 Å². The quantitative estimate of drug-likeness (QED) is 0.530. The van der Waals surface area contributed by atoms with E-state index in [2.05, 4.69) is 4.74 Å². The number of carbonyl (C=O) groups is 1. The summed E-state index contributed by atoms with van der Waals surface area (Å²) in [6, 6.07) is 0.375. The third-order valence-electron chi connectivity index (χ3n) is 6.19. The number of ether oxygens (including phenoxy) is 1. The molecule has 2 aromatic rings. The van der Waals surface area contributed by atoms with Gasteiger partial charge in [0, 0.05) is 24.7 Å². The van der Waals surface area contributed by atoms with E-state index in [0.717, 1.165) is 12.3 Å². The van der Waals surface area contributed by atoms with Crippen molar-refractivity contribution in [2.75, 3.05) is 18.0 Å². The molecule has 1 aromatic carbocycles. The highest BCUT2D eigenvalue weighted by molar-refractivity contribution is 5.90. The van der Waals surface area contributed by atoms with Crippen LogP contribution in [-0.4, -0.2) is 34.5 Å². The third-order valence-corrected chi connectivity index (χ3v) is 6.19. The minimum absolute atomic E-state index is 0.142. The van der Waals surface area contributed by atoms with Gasteiger partial charge in [-0.3, -0.25) is 4.79 Å². The zero-order valence-corrected chi connectivity index (χ0v) is 17.5. The Labute approximate surface area is 180 Å². The standard InChI is InChI=1S/C21H23F4N3O4/c1-20(2,26)10-5-6-27(8-10)17-13(22)7-12-16(15(17)21(23,24)25)28(11-3-4-11)9-14(18(12)29)32-19(30)31/h7,9-11H,3-6,8,26H2,1-2H3,(H,30,31)/t10-/m1/s1. The van der Waals surface area contributed by atoms with Gasteiger partial charge < -0.3 is 25.0 Å². The summed E-state index contributed by atoms with van der Waals surface area (Å²) in [6.07, 6.45) is -4.19. The molecular formula is C21H23F4N3O4. The number of fused-ring (bicyclic) bond motifs is 1. The number of nitrogens with two attached hydrogens (primary N) is 1. The molecule has 0 amide bonds. The van der Waals surface area contributed by atoms with Crippen molar-refractivity contribution in [3.8, 4) is 5.75 Å². The summed E-state index contributed by atoms with van der Waals surface area (Å²) < 4.78 is 64.1. The van der Waals surface area contributed by atoms with Crippen LogP contribution < -0.4 is 20.8 Å². The molecular weight excluding hydrogens is 434 g/mol. The Bertz CT molecular complexity index is 1150. The van der Waals surface area contributed by atoms with Gasteiger partial charge >= 0.3 is 12.3 Å². The zero-order chi connectivity index (χ0) is 23.6. The SMILES string of the molecule is CC(C)(N)[C@@H]1CCN(c2c(F)cc3c(=O)c(OC(=O)O)cn(C4CC4)c3c2C(F)(F)F)C1. The fraction of sp³-hybridized carbons (Fsp3) is 0.524. The van der Waals surface area contributed by atoms with E-state index in [0.29, 0.717) is 19.3 Å². The fourth-order valence-corrected chi connectivity index (χ4v) is 4.41. The fourth-order valence-electron chi connectivity index (χ4n) is 4.41. The summed E-state index contributed by atoms with van der Waals surface area (Å²) in [7, 11) is 0. The lowest BCUT2D eigenvalue weighted by atomic mass is 9.88. The number of hydrogen-bond acceptors (Lipinski definition) is 5. The van der Waals surface area contributed by atoms with E-state index in [-0.39, 0.29) is 25.0 Å². The molecule has 32 heavy (non-hydrogen) atoms. The third kappa shape index (κ3) is 3.89. The van der Waals surface area contributed by atoms with Gasteiger partial charge in [0.25, 0.3) is 0 Å². The number of pyridine rings is 1. The molecule has 1 aliphatic heterocycles. The molecule has 2 aliphatic rings. The average Bonchev–Trinajstić information content (AvgIpc) is 3.37. The molecule has 1 atom stereocenters. The van der Waals surface area contributed by atoms with Crippen molar-refractivity contribution in [2.45, 2.75) is 50.9 Å². The van der Waals surface area contributed by atoms with Crippen molar-refractivity contribution in [1.82, 2.24) is 4.57 Å². The first-order chi connectivity index (χ1) is 14.8. The average molecular weight is 457 g/mol. The van der Waals surface area contributed by atoms with Gasteiger partial charge in [-0.1, -0.05) is 0 Å². The maximum absolute atomic E-state index is 15.2. The first-order valence-corrected chi connectivity index (χ1v) is 10.2. The molecule has 0 radical (unpaired) electrons.